The molecule has 91 heavy (non-hydrogen) atoms. The van der Waals surface area contributed by atoms with Crippen molar-refractivity contribution in [3.05, 3.63) is 182 Å². The van der Waals surface area contributed by atoms with E-state index in [9.17, 15) is 19.5 Å². The van der Waals surface area contributed by atoms with Crippen molar-refractivity contribution in [2.75, 3.05) is 47.5 Å². The quantitative estimate of drug-likeness (QED) is 0.0211. The second-order valence-electron chi connectivity index (χ2n) is 24.4. The molecule has 0 heterocycles. The summed E-state index contributed by atoms with van der Waals surface area (Å²) in [4.78, 5) is 37.6. The molecule has 0 bridgehead atoms. The number of ether oxygens (including phenoxy) is 4. The van der Waals surface area contributed by atoms with Crippen LogP contribution < -0.4 is 0 Å². The summed E-state index contributed by atoms with van der Waals surface area (Å²) in [6.07, 6.45) is 104. The van der Waals surface area contributed by atoms with Gasteiger partial charge in [-0.15, -0.1) is 0 Å². The SMILES string of the molecule is CC/C=C\C/C=C\C/C=C\C/C=C\C/C=C\C/C=C\C/C=C\C/C=C\C/C=C\CCCCCC(=O)OC(COC(=O)CCCCCCCCCCCCCCCCCC/C=C\C/C=C\C/C=C\C/C=C\C/C=C\C/C=C\CC)COC(OCC[N+](C)(C)C)C(=O)O. The largest absolute Gasteiger partial charge is 0.477 e. The number of carbonyl (C=O) groups excluding carboxylic acids is 2. The summed E-state index contributed by atoms with van der Waals surface area (Å²) in [7, 11) is 5.95. The first-order valence-electron chi connectivity index (χ1n) is 35.9. The highest BCUT2D eigenvalue weighted by atomic mass is 16.7. The number of hydrogen-bond acceptors (Lipinski definition) is 7. The fraction of sp³-hybridized carbons (Fsp3) is 0.598. The predicted octanol–water partition coefficient (Wildman–Crippen LogP) is 22.8. The van der Waals surface area contributed by atoms with Crippen LogP contribution in [0.4, 0.5) is 0 Å². The number of quaternary nitrogens is 1. The number of nitrogens with zero attached hydrogens (tertiary/aromatic N) is 1. The lowest BCUT2D eigenvalue weighted by atomic mass is 10.0. The Labute approximate surface area is 558 Å². The maximum atomic E-state index is 12.9. The molecule has 0 aromatic carbocycles. The molecule has 0 aromatic heterocycles. The summed E-state index contributed by atoms with van der Waals surface area (Å²) < 4.78 is 22.9. The van der Waals surface area contributed by atoms with Gasteiger partial charge in [-0.05, 0) is 135 Å². The molecule has 9 nitrogen and oxygen atoms in total. The van der Waals surface area contributed by atoms with Gasteiger partial charge in [0.1, 0.15) is 13.2 Å². The van der Waals surface area contributed by atoms with Gasteiger partial charge >= 0.3 is 17.9 Å². The Bertz CT molecular complexity index is 2150. The number of carboxylic acids is 1. The summed E-state index contributed by atoms with van der Waals surface area (Å²) in [5.41, 5.74) is 0. The number of unbranched alkanes of at least 4 members (excludes halogenated alkanes) is 19. The molecule has 1 N–H and O–H groups in total. The summed E-state index contributed by atoms with van der Waals surface area (Å²) in [6, 6.07) is 0. The van der Waals surface area contributed by atoms with Crippen LogP contribution in [0.5, 0.6) is 0 Å². The van der Waals surface area contributed by atoms with Crippen molar-refractivity contribution in [2.45, 2.75) is 270 Å². The molecular weight excluding hydrogens is 1130 g/mol. The minimum Gasteiger partial charge on any atom is -0.477 e. The average molecular weight is 1260 g/mol. The molecule has 0 aliphatic rings. The highest BCUT2D eigenvalue weighted by molar-refractivity contribution is 5.71. The molecule has 0 aliphatic carbocycles. The molecule has 0 fully saturated rings. The van der Waals surface area contributed by atoms with Crippen molar-refractivity contribution in [1.82, 2.24) is 0 Å². The predicted molar refractivity (Wildman–Crippen MR) is 391 cm³/mol. The Morgan fingerprint density at radius 1 is 0.330 bits per heavy atom. The van der Waals surface area contributed by atoms with Gasteiger partial charge in [-0.1, -0.05) is 292 Å². The molecular formula is C82H132NO8+. The van der Waals surface area contributed by atoms with Gasteiger partial charge in [0.05, 0.1) is 34.4 Å². The van der Waals surface area contributed by atoms with Gasteiger partial charge in [0.15, 0.2) is 6.10 Å². The molecule has 0 radical (unpaired) electrons. The van der Waals surface area contributed by atoms with E-state index < -0.39 is 24.3 Å². The third-order valence-corrected chi connectivity index (χ3v) is 14.7. The van der Waals surface area contributed by atoms with Gasteiger partial charge in [-0.2, -0.15) is 0 Å². The van der Waals surface area contributed by atoms with Crippen molar-refractivity contribution in [3.63, 3.8) is 0 Å². The number of hydrogen-bond donors (Lipinski definition) is 1. The number of rotatable bonds is 64. The van der Waals surface area contributed by atoms with Crippen LogP contribution in [-0.2, 0) is 33.3 Å². The molecule has 2 atom stereocenters. The van der Waals surface area contributed by atoms with Crippen molar-refractivity contribution in [1.29, 1.82) is 0 Å². The van der Waals surface area contributed by atoms with E-state index in [1.807, 2.05) is 21.1 Å². The molecule has 0 aliphatic heterocycles. The van der Waals surface area contributed by atoms with Crippen LogP contribution in [0.2, 0.25) is 0 Å². The van der Waals surface area contributed by atoms with Gasteiger partial charge in [0.2, 0.25) is 0 Å². The molecule has 0 amide bonds. The number of carbonyl (C=O) groups is 3. The third-order valence-electron chi connectivity index (χ3n) is 14.7. The lowest BCUT2D eigenvalue weighted by Crippen LogP contribution is -2.40. The van der Waals surface area contributed by atoms with Gasteiger partial charge in [0.25, 0.3) is 6.29 Å². The van der Waals surface area contributed by atoms with E-state index >= 15 is 0 Å². The van der Waals surface area contributed by atoms with Gasteiger partial charge in [-0.3, -0.25) is 9.59 Å². The van der Waals surface area contributed by atoms with E-state index in [4.69, 9.17) is 18.9 Å². The standard InChI is InChI=1S/C82H131NO8/c1-6-8-10-12-14-16-18-20-22-24-26-28-30-32-34-36-38-39-40-41-43-44-46-48-50-52-54-56-58-60-62-64-66-68-70-72-79(84)89-76-78(77-90-82(81(86)87)88-75-74-83(3,4)5)91-80(85)73-71-69-67-65-63-61-59-57-55-53-51-49-47-45-42-37-35-33-31-29-27-25-23-21-19-17-15-13-11-9-7-2/h8-11,14-17,20-23,26-29,32-35,38-39,42,45,49,51,55,57,61,63,78,82H,6-7,12-13,18-19,24-25,30-31,36-37,40-41,43-44,46-48,50,52-54,56,58-60,62,64-77H2,1-5H3/p+1/b10-8-,11-9-,16-14-,17-15-,22-20-,23-21-,28-26-,29-27-,34-32-,35-33-,39-38-,45-42-,51-49-,57-55-,63-61-. The van der Waals surface area contributed by atoms with E-state index in [2.05, 4.69) is 196 Å². The average Bonchev–Trinajstić information content (AvgIpc) is 3.65. The van der Waals surface area contributed by atoms with Crippen LogP contribution >= 0.6 is 0 Å². The second kappa shape index (κ2) is 70.3. The molecule has 0 aromatic rings. The molecule has 512 valence electrons. The van der Waals surface area contributed by atoms with Crippen LogP contribution in [0, 0.1) is 0 Å². The van der Waals surface area contributed by atoms with Crippen LogP contribution in [-0.4, -0.2) is 87.4 Å². The Balaban J connectivity index is 4.21. The fourth-order valence-corrected chi connectivity index (χ4v) is 9.25. The Hall–Kier alpha value is -5.61. The van der Waals surface area contributed by atoms with Crippen LogP contribution in [0.1, 0.15) is 258 Å². The zero-order valence-electron chi connectivity index (χ0n) is 58.4. The van der Waals surface area contributed by atoms with E-state index in [0.717, 1.165) is 135 Å². The van der Waals surface area contributed by atoms with Crippen molar-refractivity contribution in [2.24, 2.45) is 0 Å². The third kappa shape index (κ3) is 71.7. The molecule has 0 saturated heterocycles. The molecule has 0 rings (SSSR count). The van der Waals surface area contributed by atoms with Crippen LogP contribution in [0.25, 0.3) is 0 Å². The van der Waals surface area contributed by atoms with Crippen molar-refractivity contribution in [3.8, 4) is 0 Å². The molecule has 9 heteroatoms. The van der Waals surface area contributed by atoms with Crippen LogP contribution in [0.15, 0.2) is 182 Å². The number of likely N-dealkylation sites (N-methyl/N-ethyl adjacent to an activating group) is 1. The summed E-state index contributed by atoms with van der Waals surface area (Å²) in [6.45, 7) is 4.60. The number of allylic oxidation sites excluding steroid dienone is 30. The zero-order valence-corrected chi connectivity index (χ0v) is 58.4. The summed E-state index contributed by atoms with van der Waals surface area (Å²) in [5.74, 6) is -2.06. The first kappa shape index (κ1) is 85.4. The Morgan fingerprint density at radius 2 is 0.593 bits per heavy atom. The fourth-order valence-electron chi connectivity index (χ4n) is 9.25. The highest BCUT2D eigenvalue weighted by Crippen LogP contribution is 2.16. The lowest BCUT2D eigenvalue weighted by Gasteiger charge is -2.25. The minimum atomic E-state index is -1.53. The maximum Gasteiger partial charge on any atom is 0.361 e. The Kier molecular flexibility index (Phi) is 65.9. The van der Waals surface area contributed by atoms with E-state index in [0.29, 0.717) is 17.4 Å². The Morgan fingerprint density at radius 3 is 0.890 bits per heavy atom. The zero-order chi connectivity index (χ0) is 66.1. The minimum absolute atomic E-state index is 0.172. The van der Waals surface area contributed by atoms with Gasteiger partial charge < -0.3 is 28.5 Å². The summed E-state index contributed by atoms with van der Waals surface area (Å²) in [5, 5.41) is 9.75. The monoisotopic (exact) mass is 1260 g/mol. The molecule has 0 spiro atoms. The first-order valence-corrected chi connectivity index (χ1v) is 35.9. The number of esters is 2. The first-order chi connectivity index (χ1) is 44.6. The van der Waals surface area contributed by atoms with Gasteiger partial charge in [-0.25, -0.2) is 4.79 Å². The van der Waals surface area contributed by atoms with Crippen molar-refractivity contribution < 1.29 is 42.9 Å². The van der Waals surface area contributed by atoms with E-state index in [1.54, 1.807) is 0 Å². The van der Waals surface area contributed by atoms with E-state index in [1.165, 1.54) is 89.9 Å². The smallest absolute Gasteiger partial charge is 0.361 e. The molecule has 0 saturated carbocycles. The number of aliphatic carboxylic acids is 1. The normalized spacial score (nSPS) is 13.8. The molecule has 2 unspecified atom stereocenters. The van der Waals surface area contributed by atoms with Crippen molar-refractivity contribution >= 4 is 17.9 Å². The summed E-state index contributed by atoms with van der Waals surface area (Å²) >= 11 is 0. The lowest BCUT2D eigenvalue weighted by molar-refractivity contribution is -0.870. The van der Waals surface area contributed by atoms with E-state index in [-0.39, 0.29) is 38.6 Å². The highest BCUT2D eigenvalue weighted by Gasteiger charge is 2.25. The number of carboxylic acid groups (broad SMARTS) is 1. The maximum absolute atomic E-state index is 12.9. The van der Waals surface area contributed by atoms with Gasteiger partial charge in [0, 0.05) is 12.8 Å². The van der Waals surface area contributed by atoms with Crippen LogP contribution in [0.3, 0.4) is 0 Å². The second-order valence-corrected chi connectivity index (χ2v) is 24.4. The topological polar surface area (TPSA) is 108 Å².